The summed E-state index contributed by atoms with van der Waals surface area (Å²) in [6, 6.07) is 4.17. The maximum absolute atomic E-state index is 5.49. The third kappa shape index (κ3) is 2.55. The number of benzene rings is 1. The van der Waals surface area contributed by atoms with E-state index in [1.807, 2.05) is 13.0 Å². The number of hydrogen-bond acceptors (Lipinski definition) is 5. The van der Waals surface area contributed by atoms with Gasteiger partial charge in [-0.3, -0.25) is 0 Å². The highest BCUT2D eigenvalue weighted by Crippen LogP contribution is 2.42. The standard InChI is InChI=1S/C14H15BrN2O2S/c1-3-16-12(14-17-8(2)6-20-14)9-4-10(15)13-11(5-9)18-7-19-13/h4-6,12,16H,3,7H2,1-2H3. The van der Waals surface area contributed by atoms with Gasteiger partial charge in [0, 0.05) is 11.1 Å². The first-order valence-electron chi connectivity index (χ1n) is 6.43. The normalized spacial score (nSPS) is 14.6. The van der Waals surface area contributed by atoms with Crippen molar-refractivity contribution in [3.8, 4) is 11.5 Å². The fourth-order valence-corrected chi connectivity index (χ4v) is 3.68. The van der Waals surface area contributed by atoms with Crippen LogP contribution in [0.5, 0.6) is 11.5 Å². The smallest absolute Gasteiger partial charge is 0.231 e. The zero-order chi connectivity index (χ0) is 14.1. The Morgan fingerprint density at radius 3 is 3.00 bits per heavy atom. The molecule has 1 aromatic carbocycles. The van der Waals surface area contributed by atoms with Crippen molar-refractivity contribution in [2.24, 2.45) is 0 Å². The molecule has 2 aromatic rings. The van der Waals surface area contributed by atoms with Crippen LogP contribution in [0.15, 0.2) is 22.0 Å². The van der Waals surface area contributed by atoms with E-state index >= 15 is 0 Å². The van der Waals surface area contributed by atoms with E-state index in [1.54, 1.807) is 11.3 Å². The Kier molecular flexibility index (Phi) is 3.96. The van der Waals surface area contributed by atoms with Gasteiger partial charge in [0.1, 0.15) is 5.01 Å². The second-order valence-electron chi connectivity index (χ2n) is 4.55. The van der Waals surface area contributed by atoms with Gasteiger partial charge in [-0.1, -0.05) is 6.92 Å². The van der Waals surface area contributed by atoms with Crippen LogP contribution in [0, 0.1) is 6.92 Å². The van der Waals surface area contributed by atoms with Gasteiger partial charge >= 0.3 is 0 Å². The van der Waals surface area contributed by atoms with Crippen molar-refractivity contribution >= 4 is 27.3 Å². The van der Waals surface area contributed by atoms with E-state index in [0.717, 1.165) is 38.8 Å². The molecular formula is C14H15BrN2O2S. The number of halogens is 1. The molecule has 0 saturated heterocycles. The lowest BCUT2D eigenvalue weighted by Crippen LogP contribution is -2.21. The minimum atomic E-state index is 0.0736. The summed E-state index contributed by atoms with van der Waals surface area (Å²) in [6.07, 6.45) is 0. The monoisotopic (exact) mass is 354 g/mol. The molecule has 3 rings (SSSR count). The number of ether oxygens (including phenoxy) is 2. The van der Waals surface area contributed by atoms with E-state index in [-0.39, 0.29) is 12.8 Å². The van der Waals surface area contributed by atoms with Gasteiger partial charge in [-0.2, -0.15) is 0 Å². The lowest BCUT2D eigenvalue weighted by atomic mass is 10.1. The number of rotatable bonds is 4. The fourth-order valence-electron chi connectivity index (χ4n) is 2.21. The number of fused-ring (bicyclic) bond motifs is 1. The zero-order valence-electron chi connectivity index (χ0n) is 11.3. The van der Waals surface area contributed by atoms with E-state index in [4.69, 9.17) is 9.47 Å². The Morgan fingerprint density at radius 2 is 2.30 bits per heavy atom. The Bertz CT molecular complexity index is 630. The molecule has 0 bridgehead atoms. The van der Waals surface area contributed by atoms with Crippen molar-refractivity contribution in [2.45, 2.75) is 19.9 Å². The highest BCUT2D eigenvalue weighted by Gasteiger charge is 2.23. The van der Waals surface area contributed by atoms with Gasteiger partial charge in [0.2, 0.25) is 6.79 Å². The number of thiazole rings is 1. The first-order chi connectivity index (χ1) is 9.69. The molecule has 0 spiro atoms. The summed E-state index contributed by atoms with van der Waals surface area (Å²) in [6.45, 7) is 5.25. The Balaban J connectivity index is 2.01. The molecule has 0 fully saturated rings. The van der Waals surface area contributed by atoms with Crippen LogP contribution in [0.25, 0.3) is 0 Å². The van der Waals surface area contributed by atoms with Crippen LogP contribution in [0.4, 0.5) is 0 Å². The number of nitrogens with zero attached hydrogens (tertiary/aromatic N) is 1. The summed E-state index contributed by atoms with van der Waals surface area (Å²) in [4.78, 5) is 4.60. The van der Waals surface area contributed by atoms with Gasteiger partial charge in [0.25, 0.3) is 0 Å². The number of aromatic nitrogens is 1. The molecule has 4 nitrogen and oxygen atoms in total. The molecule has 0 saturated carbocycles. The first-order valence-corrected chi connectivity index (χ1v) is 8.10. The van der Waals surface area contributed by atoms with Gasteiger partial charge in [0.15, 0.2) is 11.5 Å². The van der Waals surface area contributed by atoms with Gasteiger partial charge < -0.3 is 14.8 Å². The summed E-state index contributed by atoms with van der Waals surface area (Å²) in [5, 5.41) is 6.61. The van der Waals surface area contributed by atoms with Crippen LogP contribution < -0.4 is 14.8 Å². The van der Waals surface area contributed by atoms with Crippen LogP contribution in [0.2, 0.25) is 0 Å². The lowest BCUT2D eigenvalue weighted by molar-refractivity contribution is 0.173. The van der Waals surface area contributed by atoms with Crippen molar-refractivity contribution in [3.05, 3.63) is 38.3 Å². The number of nitrogens with one attached hydrogen (secondary N) is 1. The maximum atomic E-state index is 5.49. The van der Waals surface area contributed by atoms with Crippen LogP contribution in [-0.2, 0) is 0 Å². The Hall–Kier alpha value is -1.11. The van der Waals surface area contributed by atoms with Gasteiger partial charge in [-0.25, -0.2) is 4.98 Å². The lowest BCUT2D eigenvalue weighted by Gasteiger charge is -2.17. The molecule has 1 unspecified atom stereocenters. The zero-order valence-corrected chi connectivity index (χ0v) is 13.7. The van der Waals surface area contributed by atoms with Gasteiger partial charge in [-0.05, 0) is 47.1 Å². The summed E-state index contributed by atoms with van der Waals surface area (Å²) < 4.78 is 11.8. The molecule has 6 heteroatoms. The van der Waals surface area contributed by atoms with Crippen molar-refractivity contribution in [1.29, 1.82) is 0 Å². The molecular weight excluding hydrogens is 340 g/mol. The average molecular weight is 355 g/mol. The van der Waals surface area contributed by atoms with E-state index in [2.05, 4.69) is 44.6 Å². The maximum Gasteiger partial charge on any atom is 0.231 e. The van der Waals surface area contributed by atoms with Crippen molar-refractivity contribution in [2.75, 3.05) is 13.3 Å². The second kappa shape index (κ2) is 5.71. The Labute approximate surface area is 130 Å². The second-order valence-corrected chi connectivity index (χ2v) is 6.30. The molecule has 1 aromatic heterocycles. The van der Waals surface area contributed by atoms with Gasteiger partial charge in [-0.15, -0.1) is 11.3 Å². The number of aryl methyl sites for hydroxylation is 1. The summed E-state index contributed by atoms with van der Waals surface area (Å²) in [5.41, 5.74) is 2.17. The predicted octanol–water partition coefficient (Wildman–Crippen LogP) is 3.64. The molecule has 1 aliphatic heterocycles. The highest BCUT2D eigenvalue weighted by molar-refractivity contribution is 9.10. The average Bonchev–Trinajstić information content (AvgIpc) is 3.04. The third-order valence-electron chi connectivity index (χ3n) is 3.07. The van der Waals surface area contributed by atoms with E-state index in [1.165, 1.54) is 0 Å². The first kappa shape index (κ1) is 13.9. The van der Waals surface area contributed by atoms with E-state index < -0.39 is 0 Å². The minimum absolute atomic E-state index is 0.0736. The van der Waals surface area contributed by atoms with Crippen LogP contribution in [-0.4, -0.2) is 18.3 Å². The van der Waals surface area contributed by atoms with E-state index in [9.17, 15) is 0 Å². The molecule has 1 atom stereocenters. The van der Waals surface area contributed by atoms with E-state index in [0.29, 0.717) is 0 Å². The highest BCUT2D eigenvalue weighted by atomic mass is 79.9. The van der Waals surface area contributed by atoms with Crippen molar-refractivity contribution in [3.63, 3.8) is 0 Å². The summed E-state index contributed by atoms with van der Waals surface area (Å²) >= 11 is 5.22. The van der Waals surface area contributed by atoms with Crippen molar-refractivity contribution in [1.82, 2.24) is 10.3 Å². The molecule has 20 heavy (non-hydrogen) atoms. The molecule has 0 amide bonds. The molecule has 0 radical (unpaired) electrons. The predicted molar refractivity (Wildman–Crippen MR) is 82.6 cm³/mol. The molecule has 1 aliphatic rings. The van der Waals surface area contributed by atoms with Crippen LogP contribution in [0.3, 0.4) is 0 Å². The topological polar surface area (TPSA) is 43.4 Å². The van der Waals surface area contributed by atoms with Crippen molar-refractivity contribution < 1.29 is 9.47 Å². The summed E-state index contributed by atoms with van der Waals surface area (Å²) in [5.74, 6) is 1.56. The third-order valence-corrected chi connectivity index (χ3v) is 4.69. The van der Waals surface area contributed by atoms with Crippen LogP contribution in [0.1, 0.15) is 29.2 Å². The quantitative estimate of drug-likeness (QED) is 0.909. The van der Waals surface area contributed by atoms with Crippen LogP contribution >= 0.6 is 27.3 Å². The fraction of sp³-hybridized carbons (Fsp3) is 0.357. The number of hydrogen-bond donors (Lipinski definition) is 1. The Morgan fingerprint density at radius 1 is 1.45 bits per heavy atom. The van der Waals surface area contributed by atoms with Gasteiger partial charge in [0.05, 0.1) is 10.5 Å². The molecule has 2 heterocycles. The molecule has 1 N–H and O–H groups in total. The minimum Gasteiger partial charge on any atom is -0.454 e. The largest absolute Gasteiger partial charge is 0.454 e. The summed E-state index contributed by atoms with van der Waals surface area (Å²) in [7, 11) is 0. The SMILES string of the molecule is CCNC(c1cc(Br)c2c(c1)OCO2)c1nc(C)cs1. The molecule has 106 valence electrons. The molecule has 0 aliphatic carbocycles.